The second-order valence-corrected chi connectivity index (χ2v) is 6.68. The molecule has 2 N–H and O–H groups in total. The van der Waals surface area contributed by atoms with E-state index in [1.807, 2.05) is 16.9 Å². The summed E-state index contributed by atoms with van der Waals surface area (Å²) in [5.74, 6) is 0.733. The van der Waals surface area contributed by atoms with Crippen molar-refractivity contribution in [3.8, 4) is 0 Å². The number of rotatable bonds is 8. The van der Waals surface area contributed by atoms with Crippen LogP contribution in [0.4, 0.5) is 0 Å². The summed E-state index contributed by atoms with van der Waals surface area (Å²) < 4.78 is 1.99. The molecule has 1 saturated heterocycles. The van der Waals surface area contributed by atoms with Gasteiger partial charge in [-0.3, -0.25) is 9.58 Å². The summed E-state index contributed by atoms with van der Waals surface area (Å²) in [6, 6.07) is 10.4. The lowest BCUT2D eigenvalue weighted by molar-refractivity contribution is 0.157. The number of aliphatic hydroxyl groups is 1. The van der Waals surface area contributed by atoms with Crippen molar-refractivity contribution in [1.82, 2.24) is 20.0 Å². The SMILES string of the molecule is OCCN(Cc1cnn(Cc2ccccc2)c1)CC1CCNCC1. The van der Waals surface area contributed by atoms with Gasteiger partial charge in [0.15, 0.2) is 0 Å². The minimum Gasteiger partial charge on any atom is -0.395 e. The summed E-state index contributed by atoms with van der Waals surface area (Å²) in [4.78, 5) is 2.36. The molecule has 130 valence electrons. The number of nitrogens with zero attached hydrogens (tertiary/aromatic N) is 3. The fraction of sp³-hybridized carbons (Fsp3) is 0.526. The summed E-state index contributed by atoms with van der Waals surface area (Å²) in [7, 11) is 0. The van der Waals surface area contributed by atoms with Gasteiger partial charge in [0.1, 0.15) is 0 Å². The van der Waals surface area contributed by atoms with Gasteiger partial charge in [-0.05, 0) is 37.4 Å². The van der Waals surface area contributed by atoms with E-state index in [0.29, 0.717) is 0 Å². The quantitative estimate of drug-likeness (QED) is 0.775. The van der Waals surface area contributed by atoms with Gasteiger partial charge < -0.3 is 10.4 Å². The Morgan fingerprint density at radius 2 is 1.96 bits per heavy atom. The topological polar surface area (TPSA) is 53.3 Å². The Morgan fingerprint density at radius 3 is 2.71 bits per heavy atom. The summed E-state index contributed by atoms with van der Waals surface area (Å²) in [6.07, 6.45) is 6.54. The normalized spacial score (nSPS) is 15.9. The number of hydrogen-bond donors (Lipinski definition) is 2. The Hall–Kier alpha value is -1.69. The summed E-state index contributed by atoms with van der Waals surface area (Å²) in [5, 5.41) is 17.3. The first-order chi connectivity index (χ1) is 11.8. The number of aliphatic hydroxyl groups excluding tert-OH is 1. The van der Waals surface area contributed by atoms with Gasteiger partial charge in [0.05, 0.1) is 19.3 Å². The number of aromatic nitrogens is 2. The third kappa shape index (κ3) is 5.16. The van der Waals surface area contributed by atoms with E-state index in [9.17, 15) is 5.11 Å². The molecule has 24 heavy (non-hydrogen) atoms. The van der Waals surface area contributed by atoms with E-state index in [1.165, 1.54) is 24.0 Å². The van der Waals surface area contributed by atoms with Crippen LogP contribution in [0.15, 0.2) is 42.7 Å². The zero-order chi connectivity index (χ0) is 16.6. The highest BCUT2D eigenvalue weighted by atomic mass is 16.3. The molecule has 3 rings (SSSR count). The van der Waals surface area contributed by atoms with Crippen molar-refractivity contribution in [2.45, 2.75) is 25.9 Å². The monoisotopic (exact) mass is 328 g/mol. The highest BCUT2D eigenvalue weighted by Gasteiger charge is 2.17. The highest BCUT2D eigenvalue weighted by Crippen LogP contribution is 2.15. The van der Waals surface area contributed by atoms with E-state index in [1.54, 1.807) is 0 Å². The van der Waals surface area contributed by atoms with Crippen molar-refractivity contribution in [3.63, 3.8) is 0 Å². The number of nitrogens with one attached hydrogen (secondary N) is 1. The number of hydrogen-bond acceptors (Lipinski definition) is 4. The minimum absolute atomic E-state index is 0.211. The van der Waals surface area contributed by atoms with E-state index in [2.05, 4.69) is 45.8 Å². The molecule has 2 aromatic rings. The maximum Gasteiger partial charge on any atom is 0.0659 e. The smallest absolute Gasteiger partial charge is 0.0659 e. The van der Waals surface area contributed by atoms with Crippen LogP contribution in [0.2, 0.25) is 0 Å². The number of piperidine rings is 1. The molecule has 0 aliphatic carbocycles. The average molecular weight is 328 g/mol. The molecule has 0 atom stereocenters. The van der Waals surface area contributed by atoms with Crippen LogP contribution >= 0.6 is 0 Å². The molecule has 1 fully saturated rings. The average Bonchev–Trinajstić information content (AvgIpc) is 3.04. The van der Waals surface area contributed by atoms with Gasteiger partial charge in [-0.25, -0.2) is 0 Å². The molecule has 0 amide bonds. The molecule has 0 saturated carbocycles. The summed E-state index contributed by atoms with van der Waals surface area (Å²) in [6.45, 7) is 5.90. The Labute approximate surface area is 144 Å². The Kier molecular flexibility index (Phi) is 6.41. The molecular weight excluding hydrogens is 300 g/mol. The lowest BCUT2D eigenvalue weighted by Gasteiger charge is -2.29. The van der Waals surface area contributed by atoms with Gasteiger partial charge in [-0.1, -0.05) is 30.3 Å². The molecule has 1 aromatic heterocycles. The molecule has 5 nitrogen and oxygen atoms in total. The lowest BCUT2D eigenvalue weighted by Crippen LogP contribution is -2.37. The second-order valence-electron chi connectivity index (χ2n) is 6.68. The fourth-order valence-electron chi connectivity index (χ4n) is 3.41. The van der Waals surface area contributed by atoms with Gasteiger partial charge in [0.25, 0.3) is 0 Å². The van der Waals surface area contributed by atoms with Crippen LogP contribution in [-0.2, 0) is 13.1 Å². The third-order valence-electron chi connectivity index (χ3n) is 4.67. The van der Waals surface area contributed by atoms with Crippen LogP contribution in [-0.4, -0.2) is 52.6 Å². The molecule has 0 radical (unpaired) electrons. The van der Waals surface area contributed by atoms with Gasteiger partial charge in [-0.2, -0.15) is 5.10 Å². The zero-order valence-electron chi connectivity index (χ0n) is 14.3. The summed E-state index contributed by atoms with van der Waals surface area (Å²) in [5.41, 5.74) is 2.47. The third-order valence-corrected chi connectivity index (χ3v) is 4.67. The maximum atomic E-state index is 9.37. The summed E-state index contributed by atoms with van der Waals surface area (Å²) >= 11 is 0. The van der Waals surface area contributed by atoms with E-state index in [0.717, 1.165) is 45.2 Å². The molecule has 1 aliphatic heterocycles. The predicted molar refractivity (Wildman–Crippen MR) is 95.7 cm³/mol. The Morgan fingerprint density at radius 1 is 1.17 bits per heavy atom. The van der Waals surface area contributed by atoms with Gasteiger partial charge in [0.2, 0.25) is 0 Å². The Bertz CT molecular complexity index is 592. The first-order valence-corrected chi connectivity index (χ1v) is 8.92. The van der Waals surface area contributed by atoms with E-state index >= 15 is 0 Å². The molecule has 0 spiro atoms. The van der Waals surface area contributed by atoms with Gasteiger partial charge >= 0.3 is 0 Å². The molecule has 0 bridgehead atoms. The molecule has 1 aliphatic rings. The van der Waals surface area contributed by atoms with Crippen LogP contribution in [0.5, 0.6) is 0 Å². The molecular formula is C19H28N4O. The maximum absolute atomic E-state index is 9.37. The van der Waals surface area contributed by atoms with E-state index in [-0.39, 0.29) is 6.61 Å². The first-order valence-electron chi connectivity index (χ1n) is 8.92. The highest BCUT2D eigenvalue weighted by molar-refractivity contribution is 5.15. The lowest BCUT2D eigenvalue weighted by atomic mass is 9.97. The fourth-order valence-corrected chi connectivity index (χ4v) is 3.41. The minimum atomic E-state index is 0.211. The van der Waals surface area contributed by atoms with Gasteiger partial charge in [0, 0.05) is 31.4 Å². The second kappa shape index (κ2) is 8.97. The van der Waals surface area contributed by atoms with E-state index < -0.39 is 0 Å². The van der Waals surface area contributed by atoms with Crippen molar-refractivity contribution in [3.05, 3.63) is 53.9 Å². The largest absolute Gasteiger partial charge is 0.395 e. The van der Waals surface area contributed by atoms with Crippen molar-refractivity contribution in [2.24, 2.45) is 5.92 Å². The van der Waals surface area contributed by atoms with Crippen LogP contribution < -0.4 is 5.32 Å². The Balaban J connectivity index is 1.56. The van der Waals surface area contributed by atoms with Crippen LogP contribution in [0.3, 0.4) is 0 Å². The molecule has 1 aromatic carbocycles. The molecule has 2 heterocycles. The van der Waals surface area contributed by atoms with Crippen molar-refractivity contribution in [1.29, 1.82) is 0 Å². The van der Waals surface area contributed by atoms with Crippen LogP contribution in [0, 0.1) is 5.92 Å². The van der Waals surface area contributed by atoms with E-state index in [4.69, 9.17) is 0 Å². The van der Waals surface area contributed by atoms with Gasteiger partial charge in [-0.15, -0.1) is 0 Å². The number of benzene rings is 1. The standard InChI is InChI=1S/C19H28N4O/c24-11-10-22(13-18-6-8-20-9-7-18)14-19-12-21-23(16-19)15-17-4-2-1-3-5-17/h1-5,12,16,18,20,24H,6-11,13-15H2. The van der Waals surface area contributed by atoms with Crippen molar-refractivity contribution < 1.29 is 5.11 Å². The first kappa shape index (κ1) is 17.1. The predicted octanol–water partition coefficient (Wildman–Crippen LogP) is 1.73. The zero-order valence-corrected chi connectivity index (χ0v) is 14.3. The molecule has 5 heteroatoms. The van der Waals surface area contributed by atoms with Crippen LogP contribution in [0.1, 0.15) is 24.0 Å². The van der Waals surface area contributed by atoms with Crippen molar-refractivity contribution in [2.75, 3.05) is 32.8 Å². The molecule has 0 unspecified atom stereocenters. The van der Waals surface area contributed by atoms with Crippen LogP contribution in [0.25, 0.3) is 0 Å². The van der Waals surface area contributed by atoms with Crippen molar-refractivity contribution >= 4 is 0 Å².